The van der Waals surface area contributed by atoms with E-state index in [1.165, 1.54) is 24.0 Å². The van der Waals surface area contributed by atoms with E-state index in [2.05, 4.69) is 10.6 Å². The number of phenols is 1. The molecule has 34 heavy (non-hydrogen) atoms. The first-order valence-electron chi connectivity index (χ1n) is 11.2. The van der Waals surface area contributed by atoms with Crippen molar-refractivity contribution < 1.29 is 24.3 Å². The number of nitrogens with two attached hydrogens (primary N) is 1. The Morgan fingerprint density at radius 1 is 0.971 bits per heavy atom. The molecule has 0 radical (unpaired) electrons. The molecule has 9 heteroatoms. The highest BCUT2D eigenvalue weighted by atomic mass is 16.3. The highest BCUT2D eigenvalue weighted by molar-refractivity contribution is 5.94. The molecule has 0 aliphatic carbocycles. The molecule has 1 aliphatic rings. The highest BCUT2D eigenvalue weighted by Gasteiger charge is 2.38. The van der Waals surface area contributed by atoms with Gasteiger partial charge in [-0.1, -0.05) is 42.5 Å². The Balaban J connectivity index is 1.72. The summed E-state index contributed by atoms with van der Waals surface area (Å²) in [5, 5.41) is 14.9. The third kappa shape index (κ3) is 6.57. The average Bonchev–Trinajstić information content (AvgIpc) is 3.29. The number of nitrogens with zero attached hydrogens (tertiary/aromatic N) is 1. The minimum absolute atomic E-state index is 0.0990. The first kappa shape index (κ1) is 24.8. The molecule has 3 rings (SSSR count). The Morgan fingerprint density at radius 2 is 1.59 bits per heavy atom. The van der Waals surface area contributed by atoms with E-state index in [1.807, 2.05) is 30.3 Å². The van der Waals surface area contributed by atoms with Crippen LogP contribution in [0.1, 0.15) is 30.9 Å². The number of benzene rings is 2. The number of hydrogen-bond donors (Lipinski definition) is 4. The van der Waals surface area contributed by atoms with E-state index in [4.69, 9.17) is 5.73 Å². The number of carbonyl (C=O) groups excluding carboxylic acids is 4. The number of nitrogens with one attached hydrogen (secondary N) is 2. The monoisotopic (exact) mass is 466 g/mol. The quantitative estimate of drug-likeness (QED) is 0.429. The third-order valence-corrected chi connectivity index (χ3v) is 5.83. The molecule has 0 saturated carbocycles. The van der Waals surface area contributed by atoms with Gasteiger partial charge in [0.15, 0.2) is 0 Å². The predicted octanol–water partition coefficient (Wildman–Crippen LogP) is 0.643. The largest absolute Gasteiger partial charge is 0.508 e. The normalized spacial score (nSPS) is 17.0. The standard InChI is InChI=1S/C25H30N4O5/c1-16(30)27-21(15-18-9-11-19(31)12-10-18)25(34)29-13-5-8-22(29)24(33)28-20(23(26)32)14-17-6-3-2-4-7-17/h2-4,6-7,9-12,20-22,31H,5,8,13-15H2,1H3,(H2,26,32)(H,27,30)(H,28,33)/t20-,21-,22-/m1/s1. The molecule has 2 aromatic rings. The zero-order valence-corrected chi connectivity index (χ0v) is 19.1. The van der Waals surface area contributed by atoms with Crippen molar-refractivity contribution in [2.45, 2.75) is 50.7 Å². The van der Waals surface area contributed by atoms with Gasteiger partial charge < -0.3 is 26.4 Å². The van der Waals surface area contributed by atoms with Crippen molar-refractivity contribution in [3.8, 4) is 5.75 Å². The minimum atomic E-state index is -0.907. The van der Waals surface area contributed by atoms with Crippen molar-refractivity contribution in [2.24, 2.45) is 5.73 Å². The molecule has 4 amide bonds. The molecule has 9 nitrogen and oxygen atoms in total. The Bertz CT molecular complexity index is 1030. The molecular formula is C25H30N4O5. The lowest BCUT2D eigenvalue weighted by atomic mass is 10.0. The van der Waals surface area contributed by atoms with Crippen LogP contribution in [0, 0.1) is 0 Å². The summed E-state index contributed by atoms with van der Waals surface area (Å²) in [6.45, 7) is 1.69. The zero-order valence-electron chi connectivity index (χ0n) is 19.1. The van der Waals surface area contributed by atoms with Gasteiger partial charge in [0.2, 0.25) is 23.6 Å². The molecule has 1 fully saturated rings. The summed E-state index contributed by atoms with van der Waals surface area (Å²) in [5.74, 6) is -1.75. The summed E-state index contributed by atoms with van der Waals surface area (Å²) in [6.07, 6.45) is 1.52. The topological polar surface area (TPSA) is 142 Å². The first-order chi connectivity index (χ1) is 16.2. The van der Waals surface area contributed by atoms with Gasteiger partial charge in [0.05, 0.1) is 0 Å². The van der Waals surface area contributed by atoms with E-state index in [9.17, 15) is 24.3 Å². The smallest absolute Gasteiger partial charge is 0.246 e. The third-order valence-electron chi connectivity index (χ3n) is 5.83. The summed E-state index contributed by atoms with van der Waals surface area (Å²) < 4.78 is 0. The summed E-state index contributed by atoms with van der Waals surface area (Å²) >= 11 is 0. The molecule has 180 valence electrons. The molecule has 3 atom stereocenters. The fourth-order valence-corrected chi connectivity index (χ4v) is 4.16. The van der Waals surface area contributed by atoms with E-state index >= 15 is 0 Å². The zero-order chi connectivity index (χ0) is 24.7. The van der Waals surface area contributed by atoms with Gasteiger partial charge in [0, 0.05) is 26.3 Å². The molecule has 0 bridgehead atoms. The Hall–Kier alpha value is -3.88. The molecule has 2 aromatic carbocycles. The van der Waals surface area contributed by atoms with E-state index in [1.54, 1.807) is 12.1 Å². The average molecular weight is 467 g/mol. The number of rotatable bonds is 9. The van der Waals surface area contributed by atoms with E-state index in [0.29, 0.717) is 19.4 Å². The lowest BCUT2D eigenvalue weighted by Gasteiger charge is -2.29. The molecule has 1 heterocycles. The molecule has 0 spiro atoms. The van der Waals surface area contributed by atoms with Crippen LogP contribution in [0.2, 0.25) is 0 Å². The maximum Gasteiger partial charge on any atom is 0.246 e. The summed E-state index contributed by atoms with van der Waals surface area (Å²) in [5.41, 5.74) is 7.13. The summed E-state index contributed by atoms with van der Waals surface area (Å²) in [4.78, 5) is 51.7. The molecule has 0 unspecified atom stereocenters. The Kier molecular flexibility index (Phi) is 8.24. The van der Waals surface area contributed by atoms with Gasteiger partial charge in [0.25, 0.3) is 0 Å². The van der Waals surface area contributed by atoms with Crippen LogP contribution in [0.15, 0.2) is 54.6 Å². The van der Waals surface area contributed by atoms with Crippen molar-refractivity contribution in [3.05, 3.63) is 65.7 Å². The Morgan fingerprint density at radius 3 is 2.21 bits per heavy atom. The minimum Gasteiger partial charge on any atom is -0.508 e. The summed E-state index contributed by atoms with van der Waals surface area (Å²) in [7, 11) is 0. The number of hydrogen-bond acceptors (Lipinski definition) is 5. The maximum atomic E-state index is 13.4. The van der Waals surface area contributed by atoms with Crippen LogP contribution < -0.4 is 16.4 Å². The van der Waals surface area contributed by atoms with Crippen LogP contribution >= 0.6 is 0 Å². The van der Waals surface area contributed by atoms with Gasteiger partial charge in [-0.2, -0.15) is 0 Å². The van der Waals surface area contributed by atoms with Crippen molar-refractivity contribution in [1.82, 2.24) is 15.5 Å². The molecular weight excluding hydrogens is 436 g/mol. The fraction of sp³-hybridized carbons (Fsp3) is 0.360. The Labute approximate surface area is 198 Å². The maximum absolute atomic E-state index is 13.4. The van der Waals surface area contributed by atoms with Gasteiger partial charge in [-0.05, 0) is 36.1 Å². The van der Waals surface area contributed by atoms with Gasteiger partial charge in [-0.25, -0.2) is 0 Å². The number of likely N-dealkylation sites (tertiary alicyclic amines) is 1. The van der Waals surface area contributed by atoms with Gasteiger partial charge >= 0.3 is 0 Å². The van der Waals surface area contributed by atoms with E-state index in [0.717, 1.165) is 11.1 Å². The number of primary amides is 1. The van der Waals surface area contributed by atoms with Gasteiger partial charge in [-0.3, -0.25) is 19.2 Å². The van der Waals surface area contributed by atoms with Crippen LogP contribution in [0.25, 0.3) is 0 Å². The number of phenolic OH excluding ortho intramolecular Hbond substituents is 1. The van der Waals surface area contributed by atoms with Crippen LogP contribution in [0.4, 0.5) is 0 Å². The second-order valence-corrected chi connectivity index (χ2v) is 8.47. The second kappa shape index (κ2) is 11.3. The highest BCUT2D eigenvalue weighted by Crippen LogP contribution is 2.21. The predicted molar refractivity (Wildman–Crippen MR) is 125 cm³/mol. The fourth-order valence-electron chi connectivity index (χ4n) is 4.16. The van der Waals surface area contributed by atoms with Crippen molar-refractivity contribution in [1.29, 1.82) is 0 Å². The van der Waals surface area contributed by atoms with Crippen LogP contribution in [-0.2, 0) is 32.0 Å². The van der Waals surface area contributed by atoms with Crippen LogP contribution in [0.5, 0.6) is 5.75 Å². The number of amides is 4. The van der Waals surface area contributed by atoms with Gasteiger partial charge in [0.1, 0.15) is 23.9 Å². The van der Waals surface area contributed by atoms with E-state index in [-0.39, 0.29) is 30.4 Å². The lowest BCUT2D eigenvalue weighted by molar-refractivity contribution is -0.141. The first-order valence-corrected chi connectivity index (χ1v) is 11.2. The van der Waals surface area contributed by atoms with Crippen LogP contribution in [0.3, 0.4) is 0 Å². The molecule has 1 saturated heterocycles. The molecule has 0 aromatic heterocycles. The van der Waals surface area contributed by atoms with E-state index < -0.39 is 29.9 Å². The summed E-state index contributed by atoms with van der Waals surface area (Å²) in [6, 6.07) is 13.0. The molecule has 1 aliphatic heterocycles. The number of carbonyl (C=O) groups is 4. The van der Waals surface area contributed by atoms with Crippen molar-refractivity contribution in [2.75, 3.05) is 6.54 Å². The molecule has 5 N–H and O–H groups in total. The van der Waals surface area contributed by atoms with Crippen LogP contribution in [-0.4, -0.2) is 58.3 Å². The second-order valence-electron chi connectivity index (χ2n) is 8.47. The lowest BCUT2D eigenvalue weighted by Crippen LogP contribution is -2.56. The van der Waals surface area contributed by atoms with Crippen molar-refractivity contribution >= 4 is 23.6 Å². The number of aromatic hydroxyl groups is 1. The van der Waals surface area contributed by atoms with Crippen molar-refractivity contribution in [3.63, 3.8) is 0 Å². The van der Waals surface area contributed by atoms with Gasteiger partial charge in [-0.15, -0.1) is 0 Å². The SMILES string of the molecule is CC(=O)N[C@H](Cc1ccc(O)cc1)C(=O)N1CCC[C@@H]1C(=O)N[C@H](Cc1ccccc1)C(N)=O.